The summed E-state index contributed by atoms with van der Waals surface area (Å²) in [5.74, 6) is 3.33. The van der Waals surface area contributed by atoms with E-state index in [9.17, 15) is 5.11 Å². The van der Waals surface area contributed by atoms with Crippen LogP contribution in [0.2, 0.25) is 0 Å². The van der Waals surface area contributed by atoms with Gasteiger partial charge in [-0.1, -0.05) is 29.8 Å². The average molecular weight is 593 g/mol. The molecule has 3 aromatic carbocycles. The van der Waals surface area contributed by atoms with Crippen LogP contribution in [0.4, 0.5) is 0 Å². The Labute approximate surface area is 259 Å². The van der Waals surface area contributed by atoms with Crippen molar-refractivity contribution < 1.29 is 24.1 Å². The number of hydrogen-bond acceptors (Lipinski definition) is 7. The van der Waals surface area contributed by atoms with Crippen molar-refractivity contribution in [3.05, 3.63) is 105 Å². The Bertz CT molecular complexity index is 1680. The molecule has 0 aromatic heterocycles. The van der Waals surface area contributed by atoms with E-state index in [0.29, 0.717) is 5.75 Å². The number of methoxy groups -OCH3 is 1. The molecule has 0 saturated carbocycles. The van der Waals surface area contributed by atoms with Gasteiger partial charge in [-0.25, -0.2) is 0 Å². The molecule has 6 bridgehead atoms. The van der Waals surface area contributed by atoms with E-state index in [-0.39, 0.29) is 31.6 Å². The van der Waals surface area contributed by atoms with E-state index in [1.807, 2.05) is 6.07 Å². The second kappa shape index (κ2) is 11.1. The molecule has 0 amide bonds. The maximum atomic E-state index is 10.1. The maximum absolute atomic E-state index is 10.1. The SMILES string of the molecule is COc1cc2c3cc1C1=C4OCOC4CC4=C1[C@H](Cc1ccc(cc1)Oc1cc(ccc1CO)C[C@H]3N(C)CC2)N(C)CC4. The fourth-order valence-electron chi connectivity index (χ4n) is 7.94. The minimum atomic E-state index is -0.0707. The number of aliphatic hydroxyl groups is 1. The molecular weight excluding hydrogens is 552 g/mol. The summed E-state index contributed by atoms with van der Waals surface area (Å²) in [5, 5.41) is 10.1. The van der Waals surface area contributed by atoms with E-state index >= 15 is 0 Å². The van der Waals surface area contributed by atoms with Gasteiger partial charge in [-0.15, -0.1) is 0 Å². The number of rotatable bonds is 2. The zero-order valence-corrected chi connectivity index (χ0v) is 25.8. The minimum absolute atomic E-state index is 0.0546. The molecule has 7 heteroatoms. The molecule has 3 aromatic rings. The highest BCUT2D eigenvalue weighted by Gasteiger charge is 2.42. The van der Waals surface area contributed by atoms with Gasteiger partial charge in [0.05, 0.1) is 13.7 Å². The number of nitrogens with zero attached hydrogens (tertiary/aromatic N) is 2. The number of likely N-dealkylation sites (N-methyl/N-ethyl adjacent to an activating group) is 2. The third kappa shape index (κ3) is 4.65. The third-order valence-electron chi connectivity index (χ3n) is 10.4. The third-order valence-corrected chi connectivity index (χ3v) is 10.4. The standard InChI is InChI=1S/C37H40N2O5/c1-38-12-10-24-17-33(41-3)29-19-28(24)30(38)15-23-4-7-26(20-40)32(16-23)44-27-8-5-22(6-9-27)14-31-35-25(11-13-39(31)2)18-34-37(36(29)35)43-21-42-34/h4-9,16-17,19,30-31,34,40H,10-15,18,20-21H2,1-3H3/t30-,31+,34?/m1/s1. The highest BCUT2D eigenvalue weighted by atomic mass is 16.7. The molecule has 1 saturated heterocycles. The van der Waals surface area contributed by atoms with Crippen LogP contribution in [0.1, 0.15) is 52.3 Å². The molecular formula is C37H40N2O5. The zero-order chi connectivity index (χ0) is 29.9. The fourth-order valence-corrected chi connectivity index (χ4v) is 7.94. The summed E-state index contributed by atoms with van der Waals surface area (Å²) in [7, 11) is 6.25. The zero-order valence-electron chi connectivity index (χ0n) is 25.8. The quantitative estimate of drug-likeness (QED) is 0.404. The second-order valence-corrected chi connectivity index (χ2v) is 12.9. The summed E-state index contributed by atoms with van der Waals surface area (Å²) in [5.41, 5.74) is 11.0. The van der Waals surface area contributed by atoms with Gasteiger partial charge in [0, 0.05) is 48.3 Å². The monoisotopic (exact) mass is 592 g/mol. The van der Waals surface area contributed by atoms with Crippen molar-refractivity contribution in [3.8, 4) is 17.2 Å². The van der Waals surface area contributed by atoms with Crippen molar-refractivity contribution >= 4 is 5.57 Å². The van der Waals surface area contributed by atoms with E-state index in [1.165, 1.54) is 33.4 Å². The van der Waals surface area contributed by atoms with E-state index in [4.69, 9.17) is 18.9 Å². The Hall–Kier alpha value is -3.62. The van der Waals surface area contributed by atoms with Crippen LogP contribution in [0.25, 0.3) is 5.57 Å². The molecule has 44 heavy (non-hydrogen) atoms. The lowest BCUT2D eigenvalue weighted by Gasteiger charge is -2.41. The van der Waals surface area contributed by atoms with Crippen LogP contribution in [0.3, 0.4) is 0 Å². The van der Waals surface area contributed by atoms with Gasteiger partial charge in [-0.3, -0.25) is 9.80 Å². The van der Waals surface area contributed by atoms with Crippen molar-refractivity contribution in [2.24, 2.45) is 0 Å². The lowest BCUT2D eigenvalue weighted by molar-refractivity contribution is 0.0496. The van der Waals surface area contributed by atoms with Gasteiger partial charge in [0.1, 0.15) is 29.1 Å². The normalized spacial score (nSPS) is 24.8. The van der Waals surface area contributed by atoms with Gasteiger partial charge in [0.15, 0.2) is 6.79 Å². The molecule has 6 aliphatic rings. The lowest BCUT2D eigenvalue weighted by Crippen LogP contribution is -2.42. The van der Waals surface area contributed by atoms with E-state index in [1.54, 1.807) is 7.11 Å². The molecule has 9 rings (SSSR count). The predicted molar refractivity (Wildman–Crippen MR) is 169 cm³/mol. The van der Waals surface area contributed by atoms with Gasteiger partial charge in [-0.2, -0.15) is 0 Å². The number of ether oxygens (including phenoxy) is 4. The molecule has 228 valence electrons. The van der Waals surface area contributed by atoms with Crippen molar-refractivity contribution in [2.75, 3.05) is 41.1 Å². The minimum Gasteiger partial charge on any atom is -0.496 e. The van der Waals surface area contributed by atoms with Crippen LogP contribution in [0.5, 0.6) is 17.2 Å². The topological polar surface area (TPSA) is 63.6 Å². The largest absolute Gasteiger partial charge is 0.496 e. The summed E-state index contributed by atoms with van der Waals surface area (Å²) in [4.78, 5) is 4.96. The number of benzene rings is 3. The molecule has 5 heterocycles. The molecule has 1 N–H and O–H groups in total. The van der Waals surface area contributed by atoms with Gasteiger partial charge in [-0.05, 0) is 97.9 Å². The van der Waals surface area contributed by atoms with Crippen LogP contribution in [0, 0.1) is 0 Å². The first-order valence-electron chi connectivity index (χ1n) is 15.8. The van der Waals surface area contributed by atoms with Crippen LogP contribution in [0.15, 0.2) is 71.5 Å². The Balaban J connectivity index is 1.37. The first kappa shape index (κ1) is 27.9. The summed E-state index contributed by atoms with van der Waals surface area (Å²) < 4.78 is 25.1. The number of aliphatic hydroxyl groups excluding tert-OH is 1. The Morgan fingerprint density at radius 3 is 2.48 bits per heavy atom. The van der Waals surface area contributed by atoms with Gasteiger partial charge >= 0.3 is 0 Å². The van der Waals surface area contributed by atoms with Gasteiger partial charge in [0.25, 0.3) is 0 Å². The number of fused-ring (bicyclic) bond motifs is 3. The predicted octanol–water partition coefficient (Wildman–Crippen LogP) is 5.80. The second-order valence-electron chi connectivity index (χ2n) is 12.9. The molecule has 3 atom stereocenters. The smallest absolute Gasteiger partial charge is 0.189 e. The van der Waals surface area contributed by atoms with E-state index in [0.717, 1.165) is 79.2 Å². The summed E-state index contributed by atoms with van der Waals surface area (Å²) in [6.07, 6.45) is 4.51. The molecule has 0 spiro atoms. The highest BCUT2D eigenvalue weighted by Crippen LogP contribution is 2.50. The van der Waals surface area contributed by atoms with Crippen molar-refractivity contribution in [1.29, 1.82) is 0 Å². The van der Waals surface area contributed by atoms with Crippen LogP contribution in [-0.4, -0.2) is 68.1 Å². The molecule has 7 nitrogen and oxygen atoms in total. The van der Waals surface area contributed by atoms with Crippen molar-refractivity contribution in [2.45, 2.75) is 56.9 Å². The molecule has 1 aliphatic carbocycles. The maximum Gasteiger partial charge on any atom is 0.189 e. The van der Waals surface area contributed by atoms with E-state index < -0.39 is 0 Å². The molecule has 5 aliphatic heterocycles. The first-order chi connectivity index (χ1) is 21.5. The fraction of sp³-hybridized carbons (Fsp3) is 0.405. The highest BCUT2D eigenvalue weighted by molar-refractivity contribution is 5.88. The van der Waals surface area contributed by atoms with Crippen molar-refractivity contribution in [3.63, 3.8) is 0 Å². The van der Waals surface area contributed by atoms with Crippen molar-refractivity contribution in [1.82, 2.24) is 9.80 Å². The molecule has 1 unspecified atom stereocenters. The number of hydrogen-bond donors (Lipinski definition) is 1. The Morgan fingerprint density at radius 2 is 1.66 bits per heavy atom. The van der Waals surface area contributed by atoms with Crippen LogP contribution in [-0.2, 0) is 35.3 Å². The molecule has 0 radical (unpaired) electrons. The van der Waals surface area contributed by atoms with Crippen LogP contribution < -0.4 is 9.47 Å². The summed E-state index contributed by atoms with van der Waals surface area (Å²) in [6.45, 7) is 2.20. The average Bonchev–Trinajstić information content (AvgIpc) is 3.51. The summed E-state index contributed by atoms with van der Waals surface area (Å²) >= 11 is 0. The Morgan fingerprint density at radius 1 is 0.886 bits per heavy atom. The van der Waals surface area contributed by atoms with Gasteiger partial charge < -0.3 is 24.1 Å². The Kier molecular flexibility index (Phi) is 7.02. The van der Waals surface area contributed by atoms with Gasteiger partial charge in [0.2, 0.25) is 0 Å². The van der Waals surface area contributed by atoms with E-state index in [2.05, 4.69) is 72.4 Å². The summed E-state index contributed by atoms with van der Waals surface area (Å²) in [6, 6.07) is 19.7. The van der Waals surface area contributed by atoms with Crippen LogP contribution >= 0.6 is 0 Å². The molecule has 1 fully saturated rings. The first-order valence-corrected chi connectivity index (χ1v) is 15.8. The lowest BCUT2D eigenvalue weighted by atomic mass is 9.75.